The molecule has 1 aliphatic heterocycles. The minimum Gasteiger partial charge on any atom is -0.357 e. The Kier molecular flexibility index (Phi) is 6.65. The number of carbonyl (C=O) groups is 1. The number of aliphatic imine (C=N–C) groups is 1. The highest BCUT2D eigenvalue weighted by Gasteiger charge is 2.22. The van der Waals surface area contributed by atoms with Crippen molar-refractivity contribution in [3.05, 3.63) is 82.7 Å². The lowest BCUT2D eigenvalue weighted by molar-refractivity contribution is -0.118. The number of hydrogen-bond donors (Lipinski definition) is 2. The third-order valence-electron chi connectivity index (χ3n) is 5.14. The van der Waals surface area contributed by atoms with Crippen LogP contribution in [0.4, 0.5) is 0 Å². The SMILES string of the molecule is CCNC(C)=O.Cc1nnc2n1-c1ccc(-c3cn[nH]c3)cc1C(c1ccc(Cl)cc1)=NC2. The second-order valence-corrected chi connectivity index (χ2v) is 7.91. The van der Waals surface area contributed by atoms with E-state index in [4.69, 9.17) is 16.6 Å². The molecular weight excluding hydrogens is 438 g/mol. The number of benzene rings is 2. The predicted octanol–water partition coefficient (Wildman–Crippen LogP) is 4.11. The standard InChI is InChI=1S/C20H15ClN6.C4H9NO/c1-12-25-26-19-11-22-20(13-2-5-16(21)6-3-13)17-8-14(15-9-23-24-10-15)4-7-18(17)27(12)19;1-3-5-4(2)6/h2-10H,11H2,1H3,(H,23,24);3H2,1-2H3,(H,5,6). The first kappa shape index (κ1) is 22.4. The minimum atomic E-state index is 0.0394. The first-order chi connectivity index (χ1) is 16.0. The van der Waals surface area contributed by atoms with Crippen molar-refractivity contribution >= 4 is 23.2 Å². The molecule has 3 heterocycles. The van der Waals surface area contributed by atoms with Gasteiger partial charge in [0.05, 0.1) is 17.6 Å². The number of aromatic nitrogens is 5. The average Bonchev–Trinajstić information content (AvgIpc) is 3.42. The predicted molar refractivity (Wildman–Crippen MR) is 129 cm³/mol. The van der Waals surface area contributed by atoms with Crippen LogP contribution in [0, 0.1) is 6.92 Å². The van der Waals surface area contributed by atoms with E-state index in [-0.39, 0.29) is 5.91 Å². The normalized spacial score (nSPS) is 11.9. The first-order valence-corrected chi connectivity index (χ1v) is 11.0. The van der Waals surface area contributed by atoms with Crippen LogP contribution in [0.15, 0.2) is 59.9 Å². The van der Waals surface area contributed by atoms with Crippen molar-refractivity contribution in [2.75, 3.05) is 6.54 Å². The van der Waals surface area contributed by atoms with Crippen molar-refractivity contribution in [3.63, 3.8) is 0 Å². The highest BCUT2D eigenvalue weighted by molar-refractivity contribution is 6.30. The summed E-state index contributed by atoms with van der Waals surface area (Å²) in [5.74, 6) is 1.71. The van der Waals surface area contributed by atoms with Crippen LogP contribution in [0.1, 0.15) is 36.6 Å². The van der Waals surface area contributed by atoms with Crippen molar-refractivity contribution in [2.24, 2.45) is 4.99 Å². The molecule has 0 aliphatic carbocycles. The van der Waals surface area contributed by atoms with Gasteiger partial charge in [-0.1, -0.05) is 29.8 Å². The summed E-state index contributed by atoms with van der Waals surface area (Å²) in [6, 6.07) is 14.1. The maximum absolute atomic E-state index is 9.93. The third kappa shape index (κ3) is 4.85. The number of H-pyrrole nitrogens is 1. The molecule has 0 saturated heterocycles. The molecule has 1 aliphatic rings. The van der Waals surface area contributed by atoms with E-state index in [1.54, 1.807) is 0 Å². The van der Waals surface area contributed by atoms with E-state index < -0.39 is 0 Å². The number of hydrogen-bond acceptors (Lipinski definition) is 5. The van der Waals surface area contributed by atoms with Gasteiger partial charge in [0.2, 0.25) is 5.91 Å². The second kappa shape index (κ2) is 9.79. The summed E-state index contributed by atoms with van der Waals surface area (Å²) >= 11 is 6.08. The van der Waals surface area contributed by atoms with Gasteiger partial charge in [0, 0.05) is 41.4 Å². The molecular formula is C24H24ClN7O. The van der Waals surface area contributed by atoms with Crippen molar-refractivity contribution in [1.29, 1.82) is 0 Å². The van der Waals surface area contributed by atoms with Gasteiger partial charge >= 0.3 is 0 Å². The number of carbonyl (C=O) groups excluding carboxylic acids is 1. The highest BCUT2D eigenvalue weighted by Crippen LogP contribution is 2.30. The molecule has 4 aromatic rings. The molecule has 0 atom stereocenters. The zero-order valence-corrected chi connectivity index (χ0v) is 19.4. The Bertz CT molecular complexity index is 1290. The number of nitrogens with one attached hydrogen (secondary N) is 2. The Labute approximate surface area is 196 Å². The van der Waals surface area contributed by atoms with Crippen molar-refractivity contribution < 1.29 is 4.79 Å². The van der Waals surface area contributed by atoms with Crippen LogP contribution < -0.4 is 5.32 Å². The Morgan fingerprint density at radius 2 is 1.88 bits per heavy atom. The quantitative estimate of drug-likeness (QED) is 0.479. The lowest BCUT2D eigenvalue weighted by atomic mass is 9.96. The topological polar surface area (TPSA) is 101 Å². The molecule has 5 rings (SSSR count). The fraction of sp³-hybridized carbons (Fsp3) is 0.208. The molecule has 2 N–H and O–H groups in total. The van der Waals surface area contributed by atoms with Gasteiger partial charge in [0.25, 0.3) is 0 Å². The van der Waals surface area contributed by atoms with Gasteiger partial charge in [-0.05, 0) is 43.7 Å². The molecule has 0 radical (unpaired) electrons. The molecule has 0 spiro atoms. The maximum Gasteiger partial charge on any atom is 0.216 e. The number of aromatic amines is 1. The van der Waals surface area contributed by atoms with E-state index in [9.17, 15) is 4.79 Å². The molecule has 9 heteroatoms. The first-order valence-electron chi connectivity index (χ1n) is 10.6. The molecule has 1 amide bonds. The fourth-order valence-electron chi connectivity index (χ4n) is 3.67. The van der Waals surface area contributed by atoms with E-state index in [2.05, 4.69) is 48.5 Å². The van der Waals surface area contributed by atoms with Gasteiger partial charge < -0.3 is 5.32 Å². The van der Waals surface area contributed by atoms with E-state index in [0.29, 0.717) is 11.6 Å². The van der Waals surface area contributed by atoms with Gasteiger partial charge in [-0.3, -0.25) is 19.5 Å². The lowest BCUT2D eigenvalue weighted by Gasteiger charge is -2.14. The number of aryl methyl sites for hydroxylation is 1. The Morgan fingerprint density at radius 1 is 1.12 bits per heavy atom. The molecule has 0 fully saturated rings. The summed E-state index contributed by atoms with van der Waals surface area (Å²) in [4.78, 5) is 14.8. The molecule has 2 aromatic carbocycles. The van der Waals surface area contributed by atoms with Crippen molar-refractivity contribution in [1.82, 2.24) is 30.3 Å². The molecule has 8 nitrogen and oxygen atoms in total. The van der Waals surface area contributed by atoms with Gasteiger partial charge in [-0.25, -0.2) is 0 Å². The summed E-state index contributed by atoms with van der Waals surface area (Å²) in [5, 5.41) is 18.7. The van der Waals surface area contributed by atoms with Gasteiger partial charge in [0.1, 0.15) is 12.4 Å². The van der Waals surface area contributed by atoms with Crippen LogP contribution in [0.25, 0.3) is 16.8 Å². The summed E-state index contributed by atoms with van der Waals surface area (Å²) in [7, 11) is 0. The highest BCUT2D eigenvalue weighted by atomic mass is 35.5. The molecule has 0 saturated carbocycles. The van der Waals surface area contributed by atoms with Crippen LogP contribution in [-0.4, -0.2) is 43.1 Å². The van der Waals surface area contributed by atoms with Crippen LogP contribution in [0.3, 0.4) is 0 Å². The smallest absolute Gasteiger partial charge is 0.216 e. The van der Waals surface area contributed by atoms with Crippen molar-refractivity contribution in [2.45, 2.75) is 27.3 Å². The zero-order valence-electron chi connectivity index (χ0n) is 18.6. The Morgan fingerprint density at radius 3 is 2.52 bits per heavy atom. The maximum atomic E-state index is 9.93. The van der Waals surface area contributed by atoms with Crippen molar-refractivity contribution in [3.8, 4) is 16.8 Å². The van der Waals surface area contributed by atoms with Gasteiger partial charge in [0.15, 0.2) is 5.82 Å². The fourth-order valence-corrected chi connectivity index (χ4v) is 3.80. The summed E-state index contributed by atoms with van der Waals surface area (Å²) < 4.78 is 2.07. The third-order valence-corrected chi connectivity index (χ3v) is 5.39. The largest absolute Gasteiger partial charge is 0.357 e. The van der Waals surface area contributed by atoms with Crippen LogP contribution >= 0.6 is 11.6 Å². The van der Waals surface area contributed by atoms with E-state index in [0.717, 1.165) is 51.8 Å². The number of nitrogens with zero attached hydrogens (tertiary/aromatic N) is 5. The number of halogens is 1. The molecule has 2 aromatic heterocycles. The number of rotatable bonds is 3. The summed E-state index contributed by atoms with van der Waals surface area (Å²) in [5.41, 5.74) is 6.07. The zero-order chi connectivity index (χ0) is 23.4. The van der Waals surface area contributed by atoms with Gasteiger partial charge in [-0.15, -0.1) is 10.2 Å². The Hall–Kier alpha value is -3.78. The summed E-state index contributed by atoms with van der Waals surface area (Å²) in [6.45, 7) is 6.55. The van der Waals surface area contributed by atoms with E-state index in [1.165, 1.54) is 6.92 Å². The average molecular weight is 462 g/mol. The molecule has 0 bridgehead atoms. The lowest BCUT2D eigenvalue weighted by Crippen LogP contribution is -2.18. The van der Waals surface area contributed by atoms with Crippen LogP contribution in [0.5, 0.6) is 0 Å². The van der Waals surface area contributed by atoms with E-state index in [1.807, 2.05) is 50.5 Å². The number of fused-ring (bicyclic) bond motifs is 3. The Balaban J connectivity index is 0.000000385. The monoisotopic (exact) mass is 461 g/mol. The number of amides is 1. The van der Waals surface area contributed by atoms with Crippen LogP contribution in [-0.2, 0) is 11.3 Å². The molecule has 168 valence electrons. The molecule has 0 unspecified atom stereocenters. The summed E-state index contributed by atoms with van der Waals surface area (Å²) in [6.07, 6.45) is 3.69. The van der Waals surface area contributed by atoms with Gasteiger partial charge in [-0.2, -0.15) is 5.10 Å². The second-order valence-electron chi connectivity index (χ2n) is 7.48. The minimum absolute atomic E-state index is 0.0394. The van der Waals surface area contributed by atoms with Crippen LogP contribution in [0.2, 0.25) is 5.02 Å². The molecule has 33 heavy (non-hydrogen) atoms. The van der Waals surface area contributed by atoms with E-state index >= 15 is 0 Å².